The Bertz CT molecular complexity index is 545. The van der Waals surface area contributed by atoms with Gasteiger partial charge in [-0.2, -0.15) is 0 Å². The van der Waals surface area contributed by atoms with E-state index in [1.165, 1.54) is 11.1 Å². The van der Waals surface area contributed by atoms with Crippen LogP contribution in [-0.2, 0) is 12.8 Å². The highest BCUT2D eigenvalue weighted by molar-refractivity contribution is 5.36. The number of nitrogens with zero attached hydrogens (tertiary/aromatic N) is 1. The van der Waals surface area contributed by atoms with E-state index in [4.69, 9.17) is 0 Å². The number of nitrogens with one attached hydrogen (secondary N) is 1. The van der Waals surface area contributed by atoms with Crippen LogP contribution in [0.2, 0.25) is 0 Å². The maximum absolute atomic E-state index is 4.37. The van der Waals surface area contributed by atoms with Crippen molar-refractivity contribution < 1.29 is 0 Å². The van der Waals surface area contributed by atoms with Crippen molar-refractivity contribution in [1.82, 2.24) is 10.2 Å². The lowest BCUT2D eigenvalue weighted by Crippen LogP contribution is -2.54. The average molecular weight is 345 g/mol. The molecule has 0 radical (unpaired) electrons. The Balaban J connectivity index is 0.00000134. The van der Waals surface area contributed by atoms with E-state index in [1.807, 2.05) is 27.7 Å². The lowest BCUT2D eigenvalue weighted by atomic mass is 9.75. The van der Waals surface area contributed by atoms with Gasteiger partial charge in [0.1, 0.15) is 0 Å². The first-order valence-corrected chi connectivity index (χ1v) is 9.72. The Hall–Kier alpha value is -1.54. The molecule has 0 saturated carbocycles. The molecule has 2 heteroatoms. The van der Waals surface area contributed by atoms with Gasteiger partial charge in [-0.25, -0.2) is 0 Å². The third kappa shape index (κ3) is 5.74. The molecule has 1 N–H and O–H groups in total. The highest BCUT2D eigenvalue weighted by Crippen LogP contribution is 2.36. The summed E-state index contributed by atoms with van der Waals surface area (Å²) in [5, 5.41) is 3.57. The molecule has 0 aliphatic heterocycles. The van der Waals surface area contributed by atoms with Crippen molar-refractivity contribution in [2.75, 3.05) is 14.1 Å². The summed E-state index contributed by atoms with van der Waals surface area (Å²) in [4.78, 5) is 2.32. The van der Waals surface area contributed by atoms with Crippen LogP contribution in [0, 0.1) is 0 Å². The Morgan fingerprint density at radius 1 is 1.08 bits per heavy atom. The van der Waals surface area contributed by atoms with Crippen LogP contribution >= 0.6 is 0 Å². The van der Waals surface area contributed by atoms with E-state index < -0.39 is 0 Å². The van der Waals surface area contributed by atoms with Gasteiger partial charge in [0.05, 0.1) is 5.54 Å². The van der Waals surface area contributed by atoms with E-state index in [1.54, 1.807) is 0 Å². The number of benzene rings is 1. The molecule has 2 atom stereocenters. The fourth-order valence-electron chi connectivity index (χ4n) is 3.15. The van der Waals surface area contributed by atoms with E-state index >= 15 is 0 Å². The quantitative estimate of drug-likeness (QED) is 0.700. The maximum Gasteiger partial charge on any atom is 0.0641 e. The minimum absolute atomic E-state index is 0.0158. The molecular weight excluding hydrogens is 304 g/mol. The van der Waals surface area contributed by atoms with Crippen LogP contribution in [0.25, 0.3) is 0 Å². The monoisotopic (exact) mass is 344 g/mol. The third-order valence-corrected chi connectivity index (χ3v) is 4.96. The van der Waals surface area contributed by atoms with Crippen LogP contribution in [-0.4, -0.2) is 30.6 Å². The highest BCUT2D eigenvalue weighted by Gasteiger charge is 2.39. The first kappa shape index (κ1) is 23.5. The van der Waals surface area contributed by atoms with Gasteiger partial charge in [0, 0.05) is 11.7 Å². The van der Waals surface area contributed by atoms with E-state index in [9.17, 15) is 0 Å². The minimum Gasteiger partial charge on any atom is -0.381 e. The zero-order valence-electron chi connectivity index (χ0n) is 17.9. The van der Waals surface area contributed by atoms with E-state index in [-0.39, 0.29) is 11.6 Å². The van der Waals surface area contributed by atoms with Gasteiger partial charge in [-0.3, -0.25) is 4.90 Å². The topological polar surface area (TPSA) is 15.3 Å². The van der Waals surface area contributed by atoms with Crippen molar-refractivity contribution in [1.29, 1.82) is 0 Å². The largest absolute Gasteiger partial charge is 0.381 e. The summed E-state index contributed by atoms with van der Waals surface area (Å²) in [6, 6.07) is 9.03. The molecule has 0 aromatic heterocycles. The molecule has 2 nitrogen and oxygen atoms in total. The van der Waals surface area contributed by atoms with Crippen molar-refractivity contribution in [3.8, 4) is 0 Å². The van der Waals surface area contributed by atoms with E-state index in [0.717, 1.165) is 30.5 Å². The molecule has 25 heavy (non-hydrogen) atoms. The molecule has 0 amide bonds. The van der Waals surface area contributed by atoms with Gasteiger partial charge in [0.25, 0.3) is 0 Å². The fraction of sp³-hybridized carbons (Fsp3) is 0.565. The van der Waals surface area contributed by atoms with Crippen molar-refractivity contribution in [2.45, 2.75) is 72.4 Å². The van der Waals surface area contributed by atoms with Crippen molar-refractivity contribution in [3.63, 3.8) is 0 Å². The molecule has 0 heterocycles. The number of aryl methyl sites for hydroxylation is 1. The van der Waals surface area contributed by atoms with Crippen LogP contribution in [0.3, 0.4) is 0 Å². The molecule has 2 unspecified atom stereocenters. The predicted molar refractivity (Wildman–Crippen MR) is 114 cm³/mol. The second kappa shape index (κ2) is 11.1. The summed E-state index contributed by atoms with van der Waals surface area (Å²) >= 11 is 0. The standard InChI is InChI=1S/C19H28N2.2C2H6/c1-14(2)15(3)20-16(4)19(21(5)6)12-11-17-9-7-8-10-18(17)13-19;2*1-2/h7-10,15,20H,1,4,11-13H2,2-3,5-6H3;2*1-2H3. The van der Waals surface area contributed by atoms with Crippen LogP contribution in [0.15, 0.2) is 48.7 Å². The second-order valence-corrected chi connectivity index (χ2v) is 6.56. The minimum atomic E-state index is -0.0158. The van der Waals surface area contributed by atoms with Crippen LogP contribution in [0.1, 0.15) is 59.1 Å². The van der Waals surface area contributed by atoms with Crippen molar-refractivity contribution in [2.24, 2.45) is 0 Å². The molecule has 0 saturated heterocycles. The molecule has 142 valence electrons. The van der Waals surface area contributed by atoms with Crippen LogP contribution < -0.4 is 5.32 Å². The molecule has 1 aliphatic rings. The average Bonchev–Trinajstić information content (AvgIpc) is 2.64. The second-order valence-electron chi connectivity index (χ2n) is 6.56. The molecule has 0 spiro atoms. The predicted octanol–water partition coefficient (Wildman–Crippen LogP) is 5.60. The smallest absolute Gasteiger partial charge is 0.0641 e. The summed E-state index contributed by atoms with van der Waals surface area (Å²) in [6.07, 6.45) is 3.23. The van der Waals surface area contributed by atoms with E-state index in [0.29, 0.717) is 0 Å². The van der Waals surface area contributed by atoms with Gasteiger partial charge < -0.3 is 5.32 Å². The van der Waals surface area contributed by atoms with Gasteiger partial charge in [-0.15, -0.1) is 0 Å². The summed E-state index contributed by atoms with van der Waals surface area (Å²) < 4.78 is 0. The van der Waals surface area contributed by atoms with Gasteiger partial charge >= 0.3 is 0 Å². The van der Waals surface area contributed by atoms with Crippen LogP contribution in [0.4, 0.5) is 0 Å². The molecule has 1 aromatic rings. The number of rotatable bonds is 5. The SMILES string of the molecule is C=C(C)C(C)NC(=C)C1(N(C)C)CCc2ccccc2C1.CC.CC. The third-order valence-electron chi connectivity index (χ3n) is 4.96. The summed E-state index contributed by atoms with van der Waals surface area (Å²) in [5.74, 6) is 0. The highest BCUT2D eigenvalue weighted by atomic mass is 15.2. The lowest BCUT2D eigenvalue weighted by Gasteiger charge is -2.46. The zero-order valence-corrected chi connectivity index (χ0v) is 17.9. The zero-order chi connectivity index (χ0) is 19.6. The van der Waals surface area contributed by atoms with Gasteiger partial charge in [-0.05, 0) is 58.3 Å². The Labute approximate surface area is 157 Å². The summed E-state index contributed by atoms with van der Waals surface area (Å²) in [5.41, 5.74) is 5.16. The number of hydrogen-bond donors (Lipinski definition) is 1. The van der Waals surface area contributed by atoms with Crippen LogP contribution in [0.5, 0.6) is 0 Å². The maximum atomic E-state index is 4.37. The Morgan fingerprint density at radius 3 is 2.08 bits per heavy atom. The van der Waals surface area contributed by atoms with Gasteiger partial charge in [-0.1, -0.05) is 70.7 Å². The normalized spacial score (nSPS) is 19.4. The Kier molecular flexibility index (Phi) is 10.5. The van der Waals surface area contributed by atoms with Crippen molar-refractivity contribution in [3.05, 3.63) is 59.8 Å². The van der Waals surface area contributed by atoms with Gasteiger partial charge in [0.15, 0.2) is 0 Å². The lowest BCUT2D eigenvalue weighted by molar-refractivity contribution is 0.161. The number of hydrogen-bond acceptors (Lipinski definition) is 2. The number of likely N-dealkylation sites (N-methyl/N-ethyl adjacent to an activating group) is 1. The van der Waals surface area contributed by atoms with Crippen molar-refractivity contribution >= 4 is 0 Å². The Morgan fingerprint density at radius 2 is 1.60 bits per heavy atom. The molecule has 2 rings (SSSR count). The molecule has 0 bridgehead atoms. The van der Waals surface area contributed by atoms with Gasteiger partial charge in [0.2, 0.25) is 0 Å². The first-order valence-electron chi connectivity index (χ1n) is 9.72. The fourth-order valence-corrected chi connectivity index (χ4v) is 3.15. The van der Waals surface area contributed by atoms with E-state index in [2.05, 4.69) is 75.6 Å². The molecule has 0 fully saturated rings. The molecular formula is C23H40N2. The first-order chi connectivity index (χ1) is 11.9. The molecule has 1 aliphatic carbocycles. The number of fused-ring (bicyclic) bond motifs is 1. The summed E-state index contributed by atoms with van der Waals surface area (Å²) in [6.45, 7) is 20.6. The summed E-state index contributed by atoms with van der Waals surface area (Å²) in [7, 11) is 4.32. The molecule has 1 aromatic carbocycles.